The molecular formula is C19H22O. The molecular weight excluding hydrogens is 244 g/mol. The zero-order chi connectivity index (χ0) is 14.0. The van der Waals surface area contributed by atoms with Crippen LogP contribution in [-0.4, -0.2) is 6.10 Å². The van der Waals surface area contributed by atoms with E-state index in [9.17, 15) is 0 Å². The van der Waals surface area contributed by atoms with Gasteiger partial charge in [-0.2, -0.15) is 0 Å². The molecule has 0 aliphatic rings. The van der Waals surface area contributed by atoms with Crippen LogP contribution in [-0.2, 0) is 11.3 Å². The molecule has 0 aliphatic carbocycles. The molecule has 0 amide bonds. The fourth-order valence-corrected chi connectivity index (χ4v) is 2.08. The summed E-state index contributed by atoms with van der Waals surface area (Å²) >= 11 is 0. The molecule has 0 radical (unpaired) electrons. The van der Waals surface area contributed by atoms with E-state index in [1.807, 2.05) is 24.3 Å². The van der Waals surface area contributed by atoms with E-state index in [4.69, 9.17) is 4.74 Å². The minimum atomic E-state index is 0.181. The summed E-state index contributed by atoms with van der Waals surface area (Å²) < 4.78 is 6.00. The van der Waals surface area contributed by atoms with Gasteiger partial charge in [0.15, 0.2) is 0 Å². The molecule has 0 bridgehead atoms. The lowest BCUT2D eigenvalue weighted by atomic mass is 10.1. The maximum Gasteiger partial charge on any atom is 0.0763 e. The summed E-state index contributed by atoms with van der Waals surface area (Å²) in [5.74, 6) is 0. The highest BCUT2D eigenvalue weighted by atomic mass is 16.5. The zero-order valence-electron chi connectivity index (χ0n) is 12.0. The summed E-state index contributed by atoms with van der Waals surface area (Å²) in [5, 5.41) is 0. The highest BCUT2D eigenvalue weighted by Gasteiger charge is 2.04. The molecule has 1 heteroatoms. The Morgan fingerprint density at radius 3 is 2.25 bits per heavy atom. The Hall–Kier alpha value is -1.86. The van der Waals surface area contributed by atoms with E-state index < -0.39 is 0 Å². The molecule has 1 nitrogen and oxygen atoms in total. The van der Waals surface area contributed by atoms with Gasteiger partial charge < -0.3 is 4.74 Å². The van der Waals surface area contributed by atoms with Crippen molar-refractivity contribution in [3.63, 3.8) is 0 Å². The van der Waals surface area contributed by atoms with E-state index in [0.29, 0.717) is 6.61 Å². The van der Waals surface area contributed by atoms with Crippen molar-refractivity contribution in [1.82, 2.24) is 0 Å². The van der Waals surface area contributed by atoms with Crippen molar-refractivity contribution in [2.45, 2.75) is 32.5 Å². The fraction of sp³-hybridized carbons (Fsp3) is 0.263. The van der Waals surface area contributed by atoms with Gasteiger partial charge in [0, 0.05) is 0 Å². The average Bonchev–Trinajstić information content (AvgIpc) is 2.52. The smallest absolute Gasteiger partial charge is 0.0763 e. The molecule has 0 saturated carbocycles. The predicted molar refractivity (Wildman–Crippen MR) is 85.4 cm³/mol. The van der Waals surface area contributed by atoms with Crippen LogP contribution < -0.4 is 0 Å². The van der Waals surface area contributed by atoms with Crippen LogP contribution >= 0.6 is 0 Å². The molecule has 0 N–H and O–H groups in total. The molecule has 1 unspecified atom stereocenters. The van der Waals surface area contributed by atoms with Crippen molar-refractivity contribution in [3.05, 3.63) is 77.9 Å². The standard InChI is InChI=1S/C19H22O/c1-2-9-19(15-14-17-10-5-3-6-11-17)20-16-18-12-7-4-8-13-18/h3-8,10-15,19H,2,9,16H2,1H3/b15-14+. The van der Waals surface area contributed by atoms with Gasteiger partial charge in [-0.3, -0.25) is 0 Å². The third-order valence-electron chi connectivity index (χ3n) is 3.18. The second-order valence-corrected chi connectivity index (χ2v) is 4.89. The van der Waals surface area contributed by atoms with Crippen LogP contribution in [0.15, 0.2) is 66.7 Å². The highest BCUT2D eigenvalue weighted by molar-refractivity contribution is 5.49. The van der Waals surface area contributed by atoms with Crippen LogP contribution in [0.5, 0.6) is 0 Å². The van der Waals surface area contributed by atoms with Crippen LogP contribution in [0, 0.1) is 0 Å². The molecule has 0 aromatic heterocycles. The van der Waals surface area contributed by atoms with Gasteiger partial charge in [0.2, 0.25) is 0 Å². The van der Waals surface area contributed by atoms with Gasteiger partial charge in [0.1, 0.15) is 0 Å². The largest absolute Gasteiger partial charge is 0.369 e. The first-order chi connectivity index (χ1) is 9.88. The van der Waals surface area contributed by atoms with Crippen molar-refractivity contribution in [3.8, 4) is 0 Å². The molecule has 0 heterocycles. The average molecular weight is 266 g/mol. The lowest BCUT2D eigenvalue weighted by Crippen LogP contribution is -2.09. The lowest BCUT2D eigenvalue weighted by Gasteiger charge is -2.13. The van der Waals surface area contributed by atoms with Gasteiger partial charge in [-0.1, -0.05) is 86.2 Å². The van der Waals surface area contributed by atoms with Gasteiger partial charge in [-0.05, 0) is 17.5 Å². The Morgan fingerprint density at radius 2 is 1.60 bits per heavy atom. The van der Waals surface area contributed by atoms with Gasteiger partial charge >= 0.3 is 0 Å². The summed E-state index contributed by atoms with van der Waals surface area (Å²) in [4.78, 5) is 0. The predicted octanol–water partition coefficient (Wildman–Crippen LogP) is 5.09. The summed E-state index contributed by atoms with van der Waals surface area (Å²) in [7, 11) is 0. The van der Waals surface area contributed by atoms with Crippen molar-refractivity contribution in [2.24, 2.45) is 0 Å². The minimum Gasteiger partial charge on any atom is -0.369 e. The number of ether oxygens (including phenoxy) is 1. The van der Waals surface area contributed by atoms with Crippen LogP contribution in [0.25, 0.3) is 6.08 Å². The summed E-state index contributed by atoms with van der Waals surface area (Å²) in [6.45, 7) is 2.86. The monoisotopic (exact) mass is 266 g/mol. The third-order valence-corrected chi connectivity index (χ3v) is 3.18. The molecule has 2 aromatic carbocycles. The molecule has 0 fully saturated rings. The van der Waals surface area contributed by atoms with Gasteiger partial charge in [-0.15, -0.1) is 0 Å². The first kappa shape index (κ1) is 14.5. The Kier molecular flexibility index (Phi) is 6.07. The molecule has 0 aliphatic heterocycles. The SMILES string of the molecule is CCCC(/C=C/c1ccccc1)OCc1ccccc1. The fourth-order valence-electron chi connectivity index (χ4n) is 2.08. The van der Waals surface area contributed by atoms with Crippen molar-refractivity contribution >= 4 is 6.08 Å². The number of rotatable bonds is 7. The molecule has 2 aromatic rings. The number of hydrogen-bond donors (Lipinski definition) is 0. The van der Waals surface area contributed by atoms with Crippen LogP contribution in [0.3, 0.4) is 0 Å². The normalized spacial score (nSPS) is 12.7. The van der Waals surface area contributed by atoms with E-state index >= 15 is 0 Å². The Labute approximate surface area is 121 Å². The lowest BCUT2D eigenvalue weighted by molar-refractivity contribution is 0.0665. The first-order valence-corrected chi connectivity index (χ1v) is 7.27. The summed E-state index contributed by atoms with van der Waals surface area (Å²) in [6, 6.07) is 20.7. The maximum absolute atomic E-state index is 6.00. The second-order valence-electron chi connectivity index (χ2n) is 4.89. The maximum atomic E-state index is 6.00. The van der Waals surface area contributed by atoms with Crippen molar-refractivity contribution in [2.75, 3.05) is 0 Å². The van der Waals surface area contributed by atoms with E-state index in [1.165, 1.54) is 11.1 Å². The molecule has 1 atom stereocenters. The van der Waals surface area contributed by atoms with Crippen LogP contribution in [0.4, 0.5) is 0 Å². The Bertz CT molecular complexity index is 502. The van der Waals surface area contributed by atoms with E-state index in [1.54, 1.807) is 0 Å². The minimum absolute atomic E-state index is 0.181. The summed E-state index contributed by atoms with van der Waals surface area (Å²) in [5.41, 5.74) is 2.44. The molecule has 104 valence electrons. The van der Waals surface area contributed by atoms with Gasteiger partial charge in [0.25, 0.3) is 0 Å². The van der Waals surface area contributed by atoms with Crippen molar-refractivity contribution < 1.29 is 4.74 Å². The molecule has 0 saturated heterocycles. The molecule has 2 rings (SSSR count). The Balaban J connectivity index is 1.92. The quantitative estimate of drug-likeness (QED) is 0.678. The van der Waals surface area contributed by atoms with E-state index in [2.05, 4.69) is 55.5 Å². The van der Waals surface area contributed by atoms with Gasteiger partial charge in [0.05, 0.1) is 12.7 Å². The third kappa shape index (κ3) is 5.02. The Morgan fingerprint density at radius 1 is 0.950 bits per heavy atom. The van der Waals surface area contributed by atoms with E-state index in [0.717, 1.165) is 12.8 Å². The first-order valence-electron chi connectivity index (χ1n) is 7.27. The highest BCUT2D eigenvalue weighted by Crippen LogP contribution is 2.11. The number of benzene rings is 2. The summed E-state index contributed by atoms with van der Waals surface area (Å²) in [6.07, 6.45) is 6.67. The van der Waals surface area contributed by atoms with E-state index in [-0.39, 0.29) is 6.10 Å². The van der Waals surface area contributed by atoms with Crippen LogP contribution in [0.1, 0.15) is 30.9 Å². The zero-order valence-corrected chi connectivity index (χ0v) is 12.0. The van der Waals surface area contributed by atoms with Crippen molar-refractivity contribution in [1.29, 1.82) is 0 Å². The van der Waals surface area contributed by atoms with Crippen LogP contribution in [0.2, 0.25) is 0 Å². The number of hydrogen-bond acceptors (Lipinski definition) is 1. The molecule has 0 spiro atoms. The van der Waals surface area contributed by atoms with Gasteiger partial charge in [-0.25, -0.2) is 0 Å². The molecule has 20 heavy (non-hydrogen) atoms. The topological polar surface area (TPSA) is 9.23 Å². The second kappa shape index (κ2) is 8.34.